The van der Waals surface area contributed by atoms with E-state index in [1.165, 1.54) is 11.1 Å². The van der Waals surface area contributed by atoms with Gasteiger partial charge in [-0.25, -0.2) is 0 Å². The van der Waals surface area contributed by atoms with Crippen molar-refractivity contribution in [1.29, 1.82) is 0 Å². The molecular weight excluding hydrogens is 176 g/mol. The summed E-state index contributed by atoms with van der Waals surface area (Å²) in [5.41, 5.74) is 2.56. The maximum absolute atomic E-state index is 5.65. The first-order chi connectivity index (χ1) is 5.36. The van der Waals surface area contributed by atoms with Crippen molar-refractivity contribution in [1.82, 2.24) is 0 Å². The third kappa shape index (κ3) is 2.76. The Morgan fingerprint density at radius 3 is 2.18 bits per heavy atom. The van der Waals surface area contributed by atoms with Gasteiger partial charge < -0.3 is 0 Å². The van der Waals surface area contributed by atoms with E-state index in [0.29, 0.717) is 5.88 Å². The van der Waals surface area contributed by atoms with Gasteiger partial charge in [0, 0.05) is 11.6 Å². The van der Waals surface area contributed by atoms with Gasteiger partial charge in [0.25, 0.3) is 0 Å². The molecule has 2 heteroatoms. The van der Waals surface area contributed by atoms with Crippen molar-refractivity contribution in [3.05, 3.63) is 35.4 Å². The number of thioether (sulfide) groups is 1. The fourth-order valence-electron chi connectivity index (χ4n) is 0.891. The van der Waals surface area contributed by atoms with Crippen LogP contribution in [0.4, 0.5) is 0 Å². The minimum absolute atomic E-state index is 0.611. The first kappa shape index (κ1) is 8.95. The molecule has 0 aromatic heterocycles. The Labute approximate surface area is 77.0 Å². The second-order valence-corrected chi connectivity index (χ2v) is 3.52. The Hall–Kier alpha value is -0.140. The van der Waals surface area contributed by atoms with Gasteiger partial charge in [0.1, 0.15) is 0 Å². The summed E-state index contributed by atoms with van der Waals surface area (Å²) < 4.78 is 0. The van der Waals surface area contributed by atoms with Crippen LogP contribution >= 0.6 is 23.4 Å². The van der Waals surface area contributed by atoms with E-state index in [0.717, 1.165) is 5.75 Å². The van der Waals surface area contributed by atoms with Gasteiger partial charge in [-0.05, 0) is 17.4 Å². The van der Waals surface area contributed by atoms with Crippen LogP contribution in [-0.2, 0) is 11.6 Å². The topological polar surface area (TPSA) is 0 Å². The van der Waals surface area contributed by atoms with E-state index in [1.807, 2.05) is 11.8 Å². The highest BCUT2D eigenvalue weighted by molar-refractivity contribution is 7.97. The number of hydrogen-bond acceptors (Lipinski definition) is 1. The second kappa shape index (κ2) is 4.68. The van der Waals surface area contributed by atoms with Crippen LogP contribution < -0.4 is 0 Å². The summed E-state index contributed by atoms with van der Waals surface area (Å²) in [6.45, 7) is 0. The average Bonchev–Trinajstić information content (AvgIpc) is 2.07. The summed E-state index contributed by atoms with van der Waals surface area (Å²) in [6.07, 6.45) is 2.11. The quantitative estimate of drug-likeness (QED) is 0.653. The highest BCUT2D eigenvalue weighted by atomic mass is 35.5. The first-order valence-electron chi connectivity index (χ1n) is 3.49. The summed E-state index contributed by atoms with van der Waals surface area (Å²) in [5, 5.41) is 0. The van der Waals surface area contributed by atoms with E-state index in [4.69, 9.17) is 11.6 Å². The number of benzene rings is 1. The number of alkyl halides is 1. The molecule has 0 aliphatic carbocycles. The smallest absolute Gasteiger partial charge is 0.0474 e. The van der Waals surface area contributed by atoms with E-state index in [1.54, 1.807) is 0 Å². The molecule has 1 rings (SSSR count). The molecule has 11 heavy (non-hydrogen) atoms. The molecule has 0 atom stereocenters. The van der Waals surface area contributed by atoms with E-state index in [-0.39, 0.29) is 0 Å². The highest BCUT2D eigenvalue weighted by Crippen LogP contribution is 2.11. The third-order valence-corrected chi connectivity index (χ3v) is 2.42. The van der Waals surface area contributed by atoms with Gasteiger partial charge in [-0.2, -0.15) is 11.8 Å². The zero-order valence-electron chi connectivity index (χ0n) is 6.51. The van der Waals surface area contributed by atoms with Gasteiger partial charge in [0.2, 0.25) is 0 Å². The molecular formula is C9H11ClS. The van der Waals surface area contributed by atoms with Crippen LogP contribution in [0.5, 0.6) is 0 Å². The molecule has 1 aromatic rings. The van der Waals surface area contributed by atoms with Crippen molar-refractivity contribution < 1.29 is 0 Å². The van der Waals surface area contributed by atoms with E-state index < -0.39 is 0 Å². The van der Waals surface area contributed by atoms with Crippen molar-refractivity contribution in [2.75, 3.05) is 6.26 Å². The van der Waals surface area contributed by atoms with Gasteiger partial charge in [-0.3, -0.25) is 0 Å². The number of rotatable bonds is 3. The van der Waals surface area contributed by atoms with Crippen LogP contribution in [0, 0.1) is 0 Å². The molecule has 1 aromatic carbocycles. The molecule has 0 aliphatic heterocycles. The fraction of sp³-hybridized carbons (Fsp3) is 0.333. The lowest BCUT2D eigenvalue weighted by Gasteiger charge is -1.98. The van der Waals surface area contributed by atoms with Crippen LogP contribution in [0.15, 0.2) is 24.3 Å². The predicted octanol–water partition coefficient (Wildman–Crippen LogP) is 3.29. The average molecular weight is 187 g/mol. The monoisotopic (exact) mass is 186 g/mol. The van der Waals surface area contributed by atoms with Crippen molar-refractivity contribution in [2.45, 2.75) is 11.6 Å². The molecule has 0 unspecified atom stereocenters. The molecule has 0 amide bonds. The summed E-state index contributed by atoms with van der Waals surface area (Å²) in [5.74, 6) is 1.70. The Bertz CT molecular complexity index is 205. The van der Waals surface area contributed by atoms with Crippen LogP contribution in [0.25, 0.3) is 0 Å². The minimum atomic E-state index is 0.611. The molecule has 0 nitrogen and oxygen atoms in total. The number of hydrogen-bond donors (Lipinski definition) is 0. The summed E-state index contributed by atoms with van der Waals surface area (Å²) >= 11 is 7.49. The van der Waals surface area contributed by atoms with Crippen molar-refractivity contribution >= 4 is 23.4 Å². The van der Waals surface area contributed by atoms with Gasteiger partial charge in [0.15, 0.2) is 0 Å². The molecule has 0 aliphatic rings. The molecule has 0 bridgehead atoms. The molecule has 0 radical (unpaired) electrons. The van der Waals surface area contributed by atoms with Gasteiger partial charge in [0.05, 0.1) is 0 Å². The summed E-state index contributed by atoms with van der Waals surface area (Å²) in [6, 6.07) is 8.43. The molecule has 60 valence electrons. The largest absolute Gasteiger partial charge is 0.161 e. The highest BCUT2D eigenvalue weighted by Gasteiger charge is 1.91. The van der Waals surface area contributed by atoms with E-state index in [2.05, 4.69) is 30.5 Å². The zero-order chi connectivity index (χ0) is 8.10. The Kier molecular flexibility index (Phi) is 3.81. The van der Waals surface area contributed by atoms with E-state index >= 15 is 0 Å². The lowest BCUT2D eigenvalue weighted by molar-refractivity contribution is 1.34. The lowest BCUT2D eigenvalue weighted by atomic mass is 10.2. The van der Waals surface area contributed by atoms with Gasteiger partial charge in [-0.15, -0.1) is 11.6 Å². The second-order valence-electron chi connectivity index (χ2n) is 2.38. The standard InChI is InChI=1S/C9H11ClS/c1-11-7-9-4-2-8(6-10)3-5-9/h2-5H,6-7H2,1H3. The van der Waals surface area contributed by atoms with Gasteiger partial charge in [-0.1, -0.05) is 24.3 Å². The van der Waals surface area contributed by atoms with Crippen molar-refractivity contribution in [2.24, 2.45) is 0 Å². The molecule has 0 fully saturated rings. The molecule has 0 N–H and O–H groups in total. The molecule has 0 spiro atoms. The predicted molar refractivity (Wildman–Crippen MR) is 53.2 cm³/mol. The Morgan fingerprint density at radius 2 is 1.73 bits per heavy atom. The summed E-state index contributed by atoms with van der Waals surface area (Å²) in [7, 11) is 0. The van der Waals surface area contributed by atoms with Crippen LogP contribution in [-0.4, -0.2) is 6.26 Å². The van der Waals surface area contributed by atoms with Gasteiger partial charge >= 0.3 is 0 Å². The lowest BCUT2D eigenvalue weighted by Crippen LogP contribution is -1.81. The maximum Gasteiger partial charge on any atom is 0.0474 e. The Morgan fingerprint density at radius 1 is 1.18 bits per heavy atom. The van der Waals surface area contributed by atoms with Crippen molar-refractivity contribution in [3.8, 4) is 0 Å². The molecule has 0 heterocycles. The Balaban J connectivity index is 2.66. The first-order valence-corrected chi connectivity index (χ1v) is 5.42. The third-order valence-electron chi connectivity index (χ3n) is 1.49. The maximum atomic E-state index is 5.65. The number of halogens is 1. The molecule has 0 saturated heterocycles. The van der Waals surface area contributed by atoms with Crippen molar-refractivity contribution in [3.63, 3.8) is 0 Å². The summed E-state index contributed by atoms with van der Waals surface area (Å²) in [4.78, 5) is 0. The fourth-order valence-corrected chi connectivity index (χ4v) is 1.60. The van der Waals surface area contributed by atoms with Crippen LogP contribution in [0.3, 0.4) is 0 Å². The normalized spacial score (nSPS) is 10.0. The molecule has 0 saturated carbocycles. The minimum Gasteiger partial charge on any atom is -0.161 e. The van der Waals surface area contributed by atoms with Crippen LogP contribution in [0.2, 0.25) is 0 Å². The zero-order valence-corrected chi connectivity index (χ0v) is 8.08. The van der Waals surface area contributed by atoms with E-state index in [9.17, 15) is 0 Å². The SMILES string of the molecule is CSCc1ccc(CCl)cc1. The van der Waals surface area contributed by atoms with Crippen LogP contribution in [0.1, 0.15) is 11.1 Å².